The highest BCUT2D eigenvalue weighted by atomic mass is 19.1. The number of halogens is 1. The molecule has 1 heterocycles. The number of carboxylic acids is 1. The summed E-state index contributed by atoms with van der Waals surface area (Å²) in [7, 11) is 0. The van der Waals surface area contributed by atoms with Crippen LogP contribution in [0.25, 0.3) is 0 Å². The van der Waals surface area contributed by atoms with Gasteiger partial charge in [-0.2, -0.15) is 0 Å². The van der Waals surface area contributed by atoms with Crippen LogP contribution >= 0.6 is 0 Å². The van der Waals surface area contributed by atoms with Crippen molar-refractivity contribution in [1.82, 2.24) is 10.6 Å². The molecule has 1 atom stereocenters. The van der Waals surface area contributed by atoms with Gasteiger partial charge in [0.1, 0.15) is 5.82 Å². The molecule has 1 aliphatic heterocycles. The highest BCUT2D eigenvalue weighted by Crippen LogP contribution is 2.30. The molecule has 1 aromatic carbocycles. The van der Waals surface area contributed by atoms with Crippen molar-refractivity contribution in [2.24, 2.45) is 0 Å². The number of nitrogens with one attached hydrogen (secondary N) is 2. The Kier molecular flexibility index (Phi) is 6.12. The molecule has 7 heteroatoms. The van der Waals surface area contributed by atoms with Gasteiger partial charge >= 0.3 is 5.97 Å². The fraction of sp³-hybridized carbons (Fsp3) is 0.500. The van der Waals surface area contributed by atoms with E-state index in [4.69, 9.17) is 5.11 Å². The second-order valence-electron chi connectivity index (χ2n) is 6.57. The molecule has 0 aromatic heterocycles. The maximum atomic E-state index is 13.3. The zero-order valence-corrected chi connectivity index (χ0v) is 14.2. The standard InChI is InChI=1S/C18H23FN2O4/c1-12-2-3-14(19)10-13(12)11-20-15(22)4-7-18(9-6-17(24)25)8-5-16(23)21-18/h2-3,10H,4-9,11H2,1H3,(H,20,22)(H,21,23)(H,24,25)/t18-/m0/s1. The van der Waals surface area contributed by atoms with Gasteiger partial charge in [-0.1, -0.05) is 6.07 Å². The number of carbonyl (C=O) groups excluding carboxylic acids is 2. The summed E-state index contributed by atoms with van der Waals surface area (Å²) < 4.78 is 13.3. The van der Waals surface area contributed by atoms with E-state index in [-0.39, 0.29) is 37.0 Å². The largest absolute Gasteiger partial charge is 0.481 e. The molecule has 2 rings (SSSR count). The van der Waals surface area contributed by atoms with Gasteiger partial charge in [-0.3, -0.25) is 14.4 Å². The van der Waals surface area contributed by atoms with Crippen molar-refractivity contribution < 1.29 is 23.9 Å². The minimum absolute atomic E-state index is 0.0512. The summed E-state index contributed by atoms with van der Waals surface area (Å²) in [6, 6.07) is 4.42. The lowest BCUT2D eigenvalue weighted by atomic mass is 9.86. The molecule has 1 saturated heterocycles. The monoisotopic (exact) mass is 350 g/mol. The summed E-state index contributed by atoms with van der Waals surface area (Å²) in [4.78, 5) is 34.4. The van der Waals surface area contributed by atoms with Crippen molar-refractivity contribution in [2.75, 3.05) is 0 Å². The van der Waals surface area contributed by atoms with Gasteiger partial charge in [0.2, 0.25) is 11.8 Å². The van der Waals surface area contributed by atoms with E-state index in [0.717, 1.165) is 5.56 Å². The molecule has 1 aromatic rings. The number of carbonyl (C=O) groups is 3. The Balaban J connectivity index is 1.87. The maximum Gasteiger partial charge on any atom is 0.303 e. The van der Waals surface area contributed by atoms with Crippen LogP contribution in [0.1, 0.15) is 49.7 Å². The molecule has 0 spiro atoms. The Labute approximate surface area is 145 Å². The molecule has 2 amide bonds. The molecule has 3 N–H and O–H groups in total. The third-order valence-electron chi connectivity index (χ3n) is 4.67. The summed E-state index contributed by atoms with van der Waals surface area (Å²) >= 11 is 0. The third kappa shape index (κ3) is 5.55. The molecular weight excluding hydrogens is 327 g/mol. The molecule has 0 unspecified atom stereocenters. The number of aryl methyl sites for hydroxylation is 1. The van der Waals surface area contributed by atoms with E-state index in [1.165, 1.54) is 12.1 Å². The van der Waals surface area contributed by atoms with Crippen LogP contribution in [0.15, 0.2) is 18.2 Å². The van der Waals surface area contributed by atoms with Crippen LogP contribution in [0.5, 0.6) is 0 Å². The lowest BCUT2D eigenvalue weighted by Gasteiger charge is -2.28. The Morgan fingerprint density at radius 3 is 2.68 bits per heavy atom. The fourth-order valence-corrected chi connectivity index (χ4v) is 3.09. The first-order valence-electron chi connectivity index (χ1n) is 8.34. The summed E-state index contributed by atoms with van der Waals surface area (Å²) in [6.45, 7) is 2.08. The fourth-order valence-electron chi connectivity index (χ4n) is 3.09. The molecule has 0 aliphatic carbocycles. The number of amides is 2. The molecule has 1 fully saturated rings. The van der Waals surface area contributed by atoms with Crippen LogP contribution in [-0.4, -0.2) is 28.4 Å². The molecule has 25 heavy (non-hydrogen) atoms. The number of aliphatic carboxylic acids is 1. The number of hydrogen-bond donors (Lipinski definition) is 3. The van der Waals surface area contributed by atoms with Crippen LogP contribution in [0.2, 0.25) is 0 Å². The van der Waals surface area contributed by atoms with Crippen LogP contribution in [0, 0.1) is 12.7 Å². The molecule has 0 bridgehead atoms. The van der Waals surface area contributed by atoms with Gasteiger partial charge in [-0.15, -0.1) is 0 Å². The Bertz CT molecular complexity index is 677. The SMILES string of the molecule is Cc1ccc(F)cc1CNC(=O)CC[C@@]1(CCC(=O)O)CCC(=O)N1. The number of carboxylic acid groups (broad SMARTS) is 1. The Morgan fingerprint density at radius 1 is 1.32 bits per heavy atom. The highest BCUT2D eigenvalue weighted by Gasteiger charge is 2.37. The molecule has 6 nitrogen and oxygen atoms in total. The van der Waals surface area contributed by atoms with Gasteiger partial charge in [0.25, 0.3) is 0 Å². The smallest absolute Gasteiger partial charge is 0.303 e. The van der Waals surface area contributed by atoms with Gasteiger partial charge < -0.3 is 15.7 Å². The summed E-state index contributed by atoms with van der Waals surface area (Å²) in [6.07, 6.45) is 1.71. The predicted molar refractivity (Wildman–Crippen MR) is 89.2 cm³/mol. The first-order valence-corrected chi connectivity index (χ1v) is 8.34. The first kappa shape index (κ1) is 18.9. The van der Waals surface area contributed by atoms with Crippen molar-refractivity contribution in [3.05, 3.63) is 35.1 Å². The quantitative estimate of drug-likeness (QED) is 0.669. The average Bonchev–Trinajstić information content (AvgIpc) is 2.94. The van der Waals surface area contributed by atoms with E-state index < -0.39 is 11.5 Å². The summed E-state index contributed by atoms with van der Waals surface area (Å²) in [5.74, 6) is -1.59. The lowest BCUT2D eigenvalue weighted by molar-refractivity contribution is -0.137. The van der Waals surface area contributed by atoms with Crippen LogP contribution < -0.4 is 10.6 Å². The number of benzene rings is 1. The molecular formula is C18H23FN2O4. The lowest BCUT2D eigenvalue weighted by Crippen LogP contribution is -2.43. The molecule has 0 saturated carbocycles. The minimum atomic E-state index is -0.924. The summed E-state index contributed by atoms with van der Waals surface area (Å²) in [5.41, 5.74) is 0.979. The number of hydrogen-bond acceptors (Lipinski definition) is 3. The van der Waals surface area contributed by atoms with Gasteiger partial charge in [-0.25, -0.2) is 4.39 Å². The van der Waals surface area contributed by atoms with Gasteiger partial charge in [0, 0.05) is 31.3 Å². The minimum Gasteiger partial charge on any atom is -0.481 e. The Hall–Kier alpha value is -2.44. The average molecular weight is 350 g/mol. The van der Waals surface area contributed by atoms with E-state index >= 15 is 0 Å². The third-order valence-corrected chi connectivity index (χ3v) is 4.67. The zero-order chi connectivity index (χ0) is 18.4. The van der Waals surface area contributed by atoms with Crippen molar-refractivity contribution in [3.63, 3.8) is 0 Å². The maximum absolute atomic E-state index is 13.3. The second kappa shape index (κ2) is 8.09. The normalized spacial score (nSPS) is 19.5. The second-order valence-corrected chi connectivity index (χ2v) is 6.57. The van der Waals surface area contributed by atoms with Gasteiger partial charge in [0.15, 0.2) is 0 Å². The van der Waals surface area contributed by atoms with Crippen molar-refractivity contribution in [3.8, 4) is 0 Å². The van der Waals surface area contributed by atoms with Crippen molar-refractivity contribution in [1.29, 1.82) is 0 Å². The Morgan fingerprint density at radius 2 is 2.04 bits per heavy atom. The first-order chi connectivity index (χ1) is 11.8. The predicted octanol–water partition coefficient (Wildman–Crippen LogP) is 2.04. The summed E-state index contributed by atoms with van der Waals surface area (Å²) in [5, 5.41) is 14.5. The van der Waals surface area contributed by atoms with Crippen LogP contribution in [0.4, 0.5) is 4.39 Å². The van der Waals surface area contributed by atoms with E-state index in [9.17, 15) is 18.8 Å². The van der Waals surface area contributed by atoms with E-state index in [1.54, 1.807) is 6.07 Å². The van der Waals surface area contributed by atoms with Crippen LogP contribution in [0.3, 0.4) is 0 Å². The van der Waals surface area contributed by atoms with E-state index in [0.29, 0.717) is 31.2 Å². The molecule has 1 aliphatic rings. The van der Waals surface area contributed by atoms with Crippen molar-refractivity contribution >= 4 is 17.8 Å². The highest BCUT2D eigenvalue weighted by molar-refractivity contribution is 5.80. The van der Waals surface area contributed by atoms with E-state index in [2.05, 4.69) is 10.6 Å². The topological polar surface area (TPSA) is 95.5 Å². The number of rotatable bonds is 8. The molecule has 0 radical (unpaired) electrons. The zero-order valence-electron chi connectivity index (χ0n) is 14.2. The van der Waals surface area contributed by atoms with Gasteiger partial charge in [0.05, 0.1) is 0 Å². The van der Waals surface area contributed by atoms with Gasteiger partial charge in [-0.05, 0) is 49.4 Å². The molecule has 136 valence electrons. The van der Waals surface area contributed by atoms with Crippen molar-refractivity contribution in [2.45, 2.75) is 57.5 Å². The van der Waals surface area contributed by atoms with Crippen LogP contribution in [-0.2, 0) is 20.9 Å². The van der Waals surface area contributed by atoms with E-state index in [1.807, 2.05) is 6.92 Å².